The number of oxime groups is 1. The summed E-state index contributed by atoms with van der Waals surface area (Å²) in [6.45, 7) is 4.00. The number of hydrogen-bond acceptors (Lipinski definition) is 4. The zero-order valence-corrected chi connectivity index (χ0v) is 11.5. The van der Waals surface area contributed by atoms with E-state index in [4.69, 9.17) is 10.9 Å². The molecule has 0 aliphatic carbocycles. The normalized spacial score (nSPS) is 17.9. The van der Waals surface area contributed by atoms with Gasteiger partial charge in [0.2, 0.25) is 0 Å². The summed E-state index contributed by atoms with van der Waals surface area (Å²) < 4.78 is 0. The maximum Gasteiger partial charge on any atom is 0.170 e. The number of hydrogen-bond donors (Lipinski definition) is 2. The summed E-state index contributed by atoms with van der Waals surface area (Å²) in [5.74, 6) is 1.07. The highest BCUT2D eigenvalue weighted by molar-refractivity contribution is 5.97. The average molecular weight is 262 g/mol. The van der Waals surface area contributed by atoms with Gasteiger partial charge in [0.05, 0.1) is 0 Å². The third-order valence-corrected chi connectivity index (χ3v) is 3.52. The summed E-state index contributed by atoms with van der Waals surface area (Å²) in [6.07, 6.45) is 6.32. The molecule has 104 valence electrons. The van der Waals surface area contributed by atoms with Gasteiger partial charge in [-0.25, -0.2) is 4.98 Å². The van der Waals surface area contributed by atoms with Crippen LogP contribution in [-0.2, 0) is 0 Å². The molecule has 0 bridgehead atoms. The van der Waals surface area contributed by atoms with Crippen molar-refractivity contribution in [2.75, 3.05) is 18.0 Å². The van der Waals surface area contributed by atoms with Crippen molar-refractivity contribution >= 4 is 11.7 Å². The Hall–Kier alpha value is -1.78. The molecule has 2 heterocycles. The molecule has 1 aromatic rings. The molecular formula is C14H22N4O. The van der Waals surface area contributed by atoms with Crippen molar-refractivity contribution in [1.29, 1.82) is 0 Å². The van der Waals surface area contributed by atoms with Crippen LogP contribution in [0.1, 0.15) is 43.4 Å². The molecule has 1 fully saturated rings. The van der Waals surface area contributed by atoms with Crippen molar-refractivity contribution in [1.82, 2.24) is 4.98 Å². The van der Waals surface area contributed by atoms with Crippen LogP contribution in [0.15, 0.2) is 17.3 Å². The lowest BCUT2D eigenvalue weighted by atomic mass is 10.1. The lowest BCUT2D eigenvalue weighted by Gasteiger charge is -2.26. The Morgan fingerprint density at radius 1 is 1.21 bits per heavy atom. The highest BCUT2D eigenvalue weighted by Crippen LogP contribution is 2.19. The second kappa shape index (κ2) is 6.41. The van der Waals surface area contributed by atoms with E-state index in [1.807, 2.05) is 19.1 Å². The monoisotopic (exact) mass is 262 g/mol. The minimum atomic E-state index is 0.138. The van der Waals surface area contributed by atoms with E-state index in [-0.39, 0.29) is 5.84 Å². The second-order valence-corrected chi connectivity index (χ2v) is 5.10. The summed E-state index contributed by atoms with van der Waals surface area (Å²) in [7, 11) is 0. The van der Waals surface area contributed by atoms with Crippen LogP contribution in [0.5, 0.6) is 0 Å². The predicted molar refractivity (Wildman–Crippen MR) is 76.8 cm³/mol. The zero-order valence-electron chi connectivity index (χ0n) is 11.5. The van der Waals surface area contributed by atoms with Gasteiger partial charge in [-0.1, -0.05) is 24.4 Å². The SMILES string of the molecule is Cc1cc(/C(N)=N/O)cc(N2CCCCCCC2)n1. The summed E-state index contributed by atoms with van der Waals surface area (Å²) in [5, 5.41) is 11.9. The van der Waals surface area contributed by atoms with Gasteiger partial charge in [-0.3, -0.25) is 0 Å². The van der Waals surface area contributed by atoms with Gasteiger partial charge in [0.25, 0.3) is 0 Å². The molecule has 0 aromatic carbocycles. The summed E-state index contributed by atoms with van der Waals surface area (Å²) >= 11 is 0. The number of nitrogens with two attached hydrogens (primary N) is 1. The molecule has 1 saturated heterocycles. The van der Waals surface area contributed by atoms with Crippen LogP contribution in [0, 0.1) is 6.92 Å². The summed E-state index contributed by atoms with van der Waals surface area (Å²) in [5.41, 5.74) is 7.29. The van der Waals surface area contributed by atoms with Gasteiger partial charge in [-0.2, -0.15) is 0 Å². The van der Waals surface area contributed by atoms with E-state index in [9.17, 15) is 0 Å². The molecule has 2 rings (SSSR count). The average Bonchev–Trinajstić information content (AvgIpc) is 2.36. The molecule has 1 aliphatic rings. The van der Waals surface area contributed by atoms with Crippen LogP contribution in [0.3, 0.4) is 0 Å². The Morgan fingerprint density at radius 3 is 2.47 bits per heavy atom. The van der Waals surface area contributed by atoms with Gasteiger partial charge < -0.3 is 15.8 Å². The van der Waals surface area contributed by atoms with E-state index < -0.39 is 0 Å². The zero-order chi connectivity index (χ0) is 13.7. The first-order chi connectivity index (χ1) is 9.20. The van der Waals surface area contributed by atoms with Crippen molar-refractivity contribution < 1.29 is 5.21 Å². The number of pyridine rings is 1. The molecule has 3 N–H and O–H groups in total. The molecule has 0 atom stereocenters. The van der Waals surface area contributed by atoms with E-state index in [2.05, 4.69) is 15.0 Å². The lowest BCUT2D eigenvalue weighted by molar-refractivity contribution is 0.318. The second-order valence-electron chi connectivity index (χ2n) is 5.10. The Balaban J connectivity index is 2.24. The number of rotatable bonds is 2. The molecule has 1 aromatic heterocycles. The van der Waals surface area contributed by atoms with E-state index in [1.165, 1.54) is 32.1 Å². The van der Waals surface area contributed by atoms with Gasteiger partial charge in [0.15, 0.2) is 5.84 Å². The predicted octanol–water partition coefficient (Wildman–Crippen LogP) is 2.26. The van der Waals surface area contributed by atoms with Gasteiger partial charge in [-0.15, -0.1) is 0 Å². The van der Waals surface area contributed by atoms with Crippen LogP contribution in [0.25, 0.3) is 0 Å². The summed E-state index contributed by atoms with van der Waals surface area (Å²) in [6, 6.07) is 3.74. The standard InChI is InChI=1S/C14H22N4O/c1-11-9-12(14(15)17-19)10-13(16-11)18-7-5-3-2-4-6-8-18/h9-10,19H,2-8H2,1H3,(H2,15,17). The first-order valence-electron chi connectivity index (χ1n) is 6.92. The van der Waals surface area contributed by atoms with Crippen LogP contribution < -0.4 is 10.6 Å². The van der Waals surface area contributed by atoms with Gasteiger partial charge in [0.1, 0.15) is 5.82 Å². The molecule has 1 aliphatic heterocycles. The molecule has 0 radical (unpaired) electrons. The maximum atomic E-state index is 8.79. The molecule has 0 saturated carbocycles. The van der Waals surface area contributed by atoms with Crippen LogP contribution in [0.2, 0.25) is 0 Å². The fourth-order valence-electron chi connectivity index (χ4n) is 2.50. The Bertz CT molecular complexity index is 451. The first kappa shape index (κ1) is 13.6. The van der Waals surface area contributed by atoms with E-state index in [0.717, 1.165) is 30.2 Å². The first-order valence-corrected chi connectivity index (χ1v) is 6.92. The number of amidine groups is 1. The molecule has 0 spiro atoms. The van der Waals surface area contributed by atoms with E-state index in [1.54, 1.807) is 0 Å². The summed E-state index contributed by atoms with van der Waals surface area (Å²) in [4.78, 5) is 6.89. The Labute approximate surface area is 114 Å². The van der Waals surface area contributed by atoms with Crippen LogP contribution in [0.4, 0.5) is 5.82 Å². The molecule has 19 heavy (non-hydrogen) atoms. The number of aryl methyl sites for hydroxylation is 1. The third-order valence-electron chi connectivity index (χ3n) is 3.52. The number of anilines is 1. The highest BCUT2D eigenvalue weighted by atomic mass is 16.4. The molecule has 0 unspecified atom stereocenters. The highest BCUT2D eigenvalue weighted by Gasteiger charge is 2.12. The van der Waals surface area contributed by atoms with Crippen molar-refractivity contribution in [2.45, 2.75) is 39.0 Å². The Kier molecular flexibility index (Phi) is 4.60. The van der Waals surface area contributed by atoms with E-state index >= 15 is 0 Å². The van der Waals surface area contributed by atoms with Crippen LogP contribution >= 0.6 is 0 Å². The van der Waals surface area contributed by atoms with Crippen molar-refractivity contribution in [3.8, 4) is 0 Å². The van der Waals surface area contributed by atoms with Crippen molar-refractivity contribution in [2.24, 2.45) is 10.9 Å². The molecule has 5 heteroatoms. The van der Waals surface area contributed by atoms with Gasteiger partial charge in [0, 0.05) is 24.3 Å². The van der Waals surface area contributed by atoms with E-state index in [0.29, 0.717) is 0 Å². The van der Waals surface area contributed by atoms with Gasteiger partial charge in [-0.05, 0) is 31.9 Å². The van der Waals surface area contributed by atoms with Gasteiger partial charge >= 0.3 is 0 Å². The smallest absolute Gasteiger partial charge is 0.170 e. The van der Waals surface area contributed by atoms with Crippen molar-refractivity contribution in [3.63, 3.8) is 0 Å². The quantitative estimate of drug-likeness (QED) is 0.371. The number of aromatic nitrogens is 1. The minimum Gasteiger partial charge on any atom is -0.409 e. The third kappa shape index (κ3) is 3.59. The lowest BCUT2D eigenvalue weighted by Crippen LogP contribution is -2.28. The maximum absolute atomic E-state index is 8.79. The fourth-order valence-corrected chi connectivity index (χ4v) is 2.50. The topological polar surface area (TPSA) is 74.7 Å². The van der Waals surface area contributed by atoms with Crippen molar-refractivity contribution in [3.05, 3.63) is 23.4 Å². The minimum absolute atomic E-state index is 0.138. The number of nitrogens with zero attached hydrogens (tertiary/aromatic N) is 3. The molecule has 0 amide bonds. The molecule has 5 nitrogen and oxygen atoms in total. The fraction of sp³-hybridized carbons (Fsp3) is 0.571. The molecular weight excluding hydrogens is 240 g/mol. The Morgan fingerprint density at radius 2 is 1.84 bits per heavy atom. The largest absolute Gasteiger partial charge is 0.409 e. The van der Waals surface area contributed by atoms with Crippen LogP contribution in [-0.4, -0.2) is 29.1 Å².